The van der Waals surface area contributed by atoms with Gasteiger partial charge in [0.15, 0.2) is 5.82 Å². The number of nitrogens with zero attached hydrogens (tertiary/aromatic N) is 5. The number of amides is 1. The Morgan fingerprint density at radius 2 is 2.04 bits per heavy atom. The fraction of sp³-hybridized carbons (Fsp3) is 0.316. The average Bonchev–Trinajstić information content (AvgIpc) is 3.20. The zero-order chi connectivity index (χ0) is 18.0. The number of aromatic nitrogens is 4. The number of piperidine rings is 1. The van der Waals surface area contributed by atoms with Gasteiger partial charge in [0.25, 0.3) is 11.8 Å². The van der Waals surface area contributed by atoms with Crippen molar-refractivity contribution in [1.82, 2.24) is 25.0 Å². The van der Waals surface area contributed by atoms with E-state index in [1.54, 1.807) is 36.9 Å². The SMILES string of the molecule is CC1(c2noc(-c3ccncc3)n2)CCCN(C(=O)c2cccnc2)C1. The third kappa shape index (κ3) is 3.08. The van der Waals surface area contributed by atoms with Gasteiger partial charge in [-0.25, -0.2) is 0 Å². The van der Waals surface area contributed by atoms with Gasteiger partial charge in [-0.05, 0) is 37.1 Å². The quantitative estimate of drug-likeness (QED) is 0.723. The lowest BCUT2D eigenvalue weighted by molar-refractivity contribution is 0.0641. The van der Waals surface area contributed by atoms with Gasteiger partial charge in [0.2, 0.25) is 0 Å². The molecule has 0 spiro atoms. The second-order valence-electron chi connectivity index (χ2n) is 6.79. The van der Waals surface area contributed by atoms with E-state index in [1.165, 1.54) is 0 Å². The van der Waals surface area contributed by atoms with Gasteiger partial charge in [-0.15, -0.1) is 0 Å². The van der Waals surface area contributed by atoms with E-state index in [0.29, 0.717) is 23.8 Å². The topological polar surface area (TPSA) is 85.0 Å². The molecule has 0 aliphatic carbocycles. The maximum Gasteiger partial charge on any atom is 0.258 e. The van der Waals surface area contributed by atoms with Crippen LogP contribution in [-0.2, 0) is 5.41 Å². The van der Waals surface area contributed by atoms with E-state index in [0.717, 1.165) is 24.9 Å². The third-order valence-corrected chi connectivity index (χ3v) is 4.79. The number of pyridine rings is 2. The van der Waals surface area contributed by atoms with Crippen molar-refractivity contribution in [3.05, 3.63) is 60.4 Å². The Labute approximate surface area is 151 Å². The summed E-state index contributed by atoms with van der Waals surface area (Å²) in [7, 11) is 0. The fourth-order valence-electron chi connectivity index (χ4n) is 3.35. The minimum atomic E-state index is -0.342. The smallest absolute Gasteiger partial charge is 0.258 e. The van der Waals surface area contributed by atoms with Gasteiger partial charge >= 0.3 is 0 Å². The molecule has 1 amide bonds. The summed E-state index contributed by atoms with van der Waals surface area (Å²) in [6.45, 7) is 3.35. The predicted molar refractivity (Wildman–Crippen MR) is 94.3 cm³/mol. The molecule has 0 aromatic carbocycles. The van der Waals surface area contributed by atoms with Crippen LogP contribution in [0.3, 0.4) is 0 Å². The molecule has 1 unspecified atom stereocenters. The van der Waals surface area contributed by atoms with Crippen molar-refractivity contribution in [2.75, 3.05) is 13.1 Å². The van der Waals surface area contributed by atoms with Crippen molar-refractivity contribution >= 4 is 5.91 Å². The van der Waals surface area contributed by atoms with Crippen LogP contribution in [0.2, 0.25) is 0 Å². The number of hydrogen-bond acceptors (Lipinski definition) is 6. The van der Waals surface area contributed by atoms with Crippen LogP contribution < -0.4 is 0 Å². The molecule has 7 nitrogen and oxygen atoms in total. The van der Waals surface area contributed by atoms with Gasteiger partial charge in [-0.3, -0.25) is 14.8 Å². The maximum atomic E-state index is 12.8. The van der Waals surface area contributed by atoms with Gasteiger partial charge in [-0.1, -0.05) is 12.1 Å². The number of hydrogen-bond donors (Lipinski definition) is 0. The summed E-state index contributed by atoms with van der Waals surface area (Å²) in [5.74, 6) is 1.09. The molecule has 1 saturated heterocycles. The van der Waals surface area contributed by atoms with E-state index in [4.69, 9.17) is 4.52 Å². The first kappa shape index (κ1) is 16.4. The lowest BCUT2D eigenvalue weighted by Crippen LogP contribution is -2.47. The predicted octanol–water partition coefficient (Wildman–Crippen LogP) is 2.72. The third-order valence-electron chi connectivity index (χ3n) is 4.79. The molecular weight excluding hydrogens is 330 g/mol. The molecule has 1 aliphatic rings. The molecular formula is C19H19N5O2. The van der Waals surface area contributed by atoms with Crippen LogP contribution in [0.15, 0.2) is 53.6 Å². The summed E-state index contributed by atoms with van der Waals surface area (Å²) in [4.78, 5) is 27.2. The van der Waals surface area contributed by atoms with Crippen LogP contribution in [0.25, 0.3) is 11.5 Å². The van der Waals surface area contributed by atoms with Crippen molar-refractivity contribution in [1.29, 1.82) is 0 Å². The monoisotopic (exact) mass is 349 g/mol. The highest BCUT2D eigenvalue weighted by Gasteiger charge is 2.38. The van der Waals surface area contributed by atoms with E-state index < -0.39 is 0 Å². The largest absolute Gasteiger partial charge is 0.338 e. The van der Waals surface area contributed by atoms with E-state index in [-0.39, 0.29) is 11.3 Å². The van der Waals surface area contributed by atoms with Crippen molar-refractivity contribution in [2.24, 2.45) is 0 Å². The second-order valence-corrected chi connectivity index (χ2v) is 6.79. The van der Waals surface area contributed by atoms with E-state index in [2.05, 4.69) is 27.0 Å². The van der Waals surface area contributed by atoms with Crippen molar-refractivity contribution in [3.63, 3.8) is 0 Å². The van der Waals surface area contributed by atoms with Gasteiger partial charge in [0.1, 0.15) is 0 Å². The minimum Gasteiger partial charge on any atom is -0.338 e. The normalized spacial score (nSPS) is 20.1. The molecule has 3 aromatic rings. The molecule has 0 radical (unpaired) electrons. The Morgan fingerprint density at radius 1 is 1.19 bits per heavy atom. The highest BCUT2D eigenvalue weighted by molar-refractivity contribution is 5.94. The Kier molecular flexibility index (Phi) is 4.20. The van der Waals surface area contributed by atoms with Gasteiger partial charge in [0.05, 0.1) is 5.56 Å². The van der Waals surface area contributed by atoms with E-state index >= 15 is 0 Å². The van der Waals surface area contributed by atoms with Crippen LogP contribution >= 0.6 is 0 Å². The first-order valence-electron chi connectivity index (χ1n) is 8.60. The lowest BCUT2D eigenvalue weighted by Gasteiger charge is -2.38. The van der Waals surface area contributed by atoms with Crippen molar-refractivity contribution in [2.45, 2.75) is 25.2 Å². The zero-order valence-corrected chi connectivity index (χ0v) is 14.5. The maximum absolute atomic E-state index is 12.8. The summed E-state index contributed by atoms with van der Waals surface area (Å²) in [6.07, 6.45) is 8.44. The fourth-order valence-corrected chi connectivity index (χ4v) is 3.35. The first-order chi connectivity index (χ1) is 12.7. The molecule has 0 bridgehead atoms. The summed E-state index contributed by atoms with van der Waals surface area (Å²) in [5.41, 5.74) is 1.09. The molecule has 0 saturated carbocycles. The van der Waals surface area contributed by atoms with E-state index in [1.807, 2.05) is 17.0 Å². The molecule has 7 heteroatoms. The van der Waals surface area contributed by atoms with Crippen LogP contribution in [0.5, 0.6) is 0 Å². The summed E-state index contributed by atoms with van der Waals surface area (Å²) >= 11 is 0. The highest BCUT2D eigenvalue weighted by atomic mass is 16.5. The van der Waals surface area contributed by atoms with Crippen molar-refractivity contribution in [3.8, 4) is 11.5 Å². The Hall–Kier alpha value is -3.09. The summed E-state index contributed by atoms with van der Waals surface area (Å²) < 4.78 is 5.45. The zero-order valence-electron chi connectivity index (χ0n) is 14.5. The standard InChI is InChI=1S/C19H19N5O2/c1-19(18-22-16(26-23-18)14-5-9-20-10-6-14)7-3-11-24(13-19)17(25)15-4-2-8-21-12-15/h2,4-6,8-10,12H,3,7,11,13H2,1H3. The molecule has 4 heterocycles. The Morgan fingerprint density at radius 3 is 2.81 bits per heavy atom. The molecule has 1 aliphatic heterocycles. The second kappa shape index (κ2) is 6.67. The molecule has 0 N–H and O–H groups in total. The average molecular weight is 349 g/mol. The van der Waals surface area contributed by atoms with Gasteiger partial charge < -0.3 is 9.42 Å². The Bertz CT molecular complexity index is 897. The number of rotatable bonds is 3. The molecule has 1 fully saturated rings. The van der Waals surface area contributed by atoms with Crippen molar-refractivity contribution < 1.29 is 9.32 Å². The first-order valence-corrected chi connectivity index (χ1v) is 8.60. The van der Waals surface area contributed by atoms with Crippen LogP contribution in [-0.4, -0.2) is 44.0 Å². The summed E-state index contributed by atoms with van der Waals surface area (Å²) in [5, 5.41) is 4.20. The van der Waals surface area contributed by atoms with Crippen LogP contribution in [0.4, 0.5) is 0 Å². The molecule has 4 rings (SSSR count). The van der Waals surface area contributed by atoms with Gasteiger partial charge in [0, 0.05) is 48.9 Å². The highest BCUT2D eigenvalue weighted by Crippen LogP contribution is 2.33. The minimum absolute atomic E-state index is 0.0122. The molecule has 132 valence electrons. The molecule has 1 atom stereocenters. The van der Waals surface area contributed by atoms with Crippen LogP contribution in [0.1, 0.15) is 35.9 Å². The molecule has 3 aromatic heterocycles. The number of carbonyl (C=O) groups excluding carboxylic acids is 1. The lowest BCUT2D eigenvalue weighted by atomic mass is 9.81. The number of likely N-dealkylation sites (tertiary alicyclic amines) is 1. The van der Waals surface area contributed by atoms with Crippen LogP contribution in [0, 0.1) is 0 Å². The van der Waals surface area contributed by atoms with Gasteiger partial charge in [-0.2, -0.15) is 4.98 Å². The molecule has 26 heavy (non-hydrogen) atoms. The number of carbonyl (C=O) groups is 1. The Balaban J connectivity index is 1.56. The van der Waals surface area contributed by atoms with E-state index in [9.17, 15) is 4.79 Å². The summed E-state index contributed by atoms with van der Waals surface area (Å²) in [6, 6.07) is 7.23.